The van der Waals surface area contributed by atoms with Crippen molar-refractivity contribution in [2.75, 3.05) is 24.7 Å². The number of carbonyl (C=O) groups excluding carboxylic acids is 3. The predicted molar refractivity (Wildman–Crippen MR) is 154 cm³/mol. The van der Waals surface area contributed by atoms with Crippen LogP contribution < -0.4 is 4.90 Å². The summed E-state index contributed by atoms with van der Waals surface area (Å²) in [5.41, 5.74) is -0.708. The van der Waals surface area contributed by atoms with Gasteiger partial charge in [0.1, 0.15) is 11.6 Å². The monoisotopic (exact) mass is 572 g/mol. The minimum absolute atomic E-state index is 0.0971. The van der Waals surface area contributed by atoms with E-state index in [2.05, 4.69) is 13.2 Å². The number of fused-ring (bicyclic) bond motifs is 1. The number of carbonyl (C=O) groups is 3. The molecule has 7 atom stereocenters. The first kappa shape index (κ1) is 30.3. The molecular formula is C31H41ClN2O6. The molecule has 1 aromatic carbocycles. The van der Waals surface area contributed by atoms with E-state index >= 15 is 0 Å². The molecule has 4 rings (SSSR count). The van der Waals surface area contributed by atoms with Crippen LogP contribution in [0.15, 0.2) is 49.6 Å². The number of amides is 2. The maximum Gasteiger partial charge on any atom is 0.312 e. The van der Waals surface area contributed by atoms with Gasteiger partial charge in [-0.1, -0.05) is 56.2 Å². The fraction of sp³-hybridized carbons (Fsp3) is 0.581. The summed E-state index contributed by atoms with van der Waals surface area (Å²) in [5, 5.41) is 10.9. The number of esters is 1. The van der Waals surface area contributed by atoms with Gasteiger partial charge in [-0.15, -0.1) is 13.2 Å². The van der Waals surface area contributed by atoms with E-state index in [0.717, 1.165) is 12.8 Å². The van der Waals surface area contributed by atoms with Crippen LogP contribution in [0.2, 0.25) is 5.02 Å². The van der Waals surface area contributed by atoms with Gasteiger partial charge in [-0.05, 0) is 50.2 Å². The van der Waals surface area contributed by atoms with Gasteiger partial charge in [-0.3, -0.25) is 14.4 Å². The lowest BCUT2D eigenvalue weighted by Gasteiger charge is -2.41. The molecule has 8 nitrogen and oxygen atoms in total. The normalized spacial score (nSPS) is 28.2. The zero-order valence-electron chi connectivity index (χ0n) is 23.5. The number of aliphatic hydroxyl groups is 1. The zero-order chi connectivity index (χ0) is 29.0. The number of hydrogen-bond acceptors (Lipinski definition) is 6. The summed E-state index contributed by atoms with van der Waals surface area (Å²) in [6, 6.07) is 5.36. The molecule has 1 N–H and O–H groups in total. The number of aliphatic hydroxyl groups excluding tert-OH is 1. The molecule has 2 amide bonds. The van der Waals surface area contributed by atoms with Crippen molar-refractivity contribution >= 4 is 35.1 Å². The largest absolute Gasteiger partial charge is 0.465 e. The van der Waals surface area contributed by atoms with Gasteiger partial charge in [0.25, 0.3) is 5.91 Å². The average Bonchev–Trinajstić information content (AvgIpc) is 3.59. The molecule has 2 unspecified atom stereocenters. The van der Waals surface area contributed by atoms with Crippen LogP contribution in [-0.2, 0) is 23.9 Å². The third-order valence-corrected chi connectivity index (χ3v) is 9.18. The topological polar surface area (TPSA) is 96.4 Å². The molecule has 0 aromatic heterocycles. The first-order valence-corrected chi connectivity index (χ1v) is 14.7. The summed E-state index contributed by atoms with van der Waals surface area (Å²) in [6.07, 6.45) is 6.99. The Labute approximate surface area is 241 Å². The first-order chi connectivity index (χ1) is 19.3. The molecule has 3 aliphatic rings. The van der Waals surface area contributed by atoms with Gasteiger partial charge >= 0.3 is 5.97 Å². The van der Waals surface area contributed by atoms with Crippen LogP contribution in [0.3, 0.4) is 0 Å². The second-order valence-corrected chi connectivity index (χ2v) is 11.5. The lowest BCUT2D eigenvalue weighted by Crippen LogP contribution is -2.60. The number of rotatable bonds is 14. The second-order valence-electron chi connectivity index (χ2n) is 11.1. The standard InChI is InChI=1S/C31H41ClN2O6/c1-5-8-9-12-18-39-30(38)25-24-15-16-31(40-24)26(25)28(36)34(23(19-35)20(4)7-3)27(31)29(37)33(17-6-2)22-14-11-10-13-21(22)32/h5-6,10-11,13-14,20,23-27,35H,1-2,7-9,12,15-19H2,3-4H3/t20-,23-,24+,25-,26-,27?,31?/m0/s1. The van der Waals surface area contributed by atoms with E-state index in [1.54, 1.807) is 30.3 Å². The van der Waals surface area contributed by atoms with Crippen LogP contribution in [-0.4, -0.2) is 71.3 Å². The van der Waals surface area contributed by atoms with E-state index < -0.39 is 41.6 Å². The van der Waals surface area contributed by atoms with Crippen molar-refractivity contribution in [3.63, 3.8) is 0 Å². The number of allylic oxidation sites excluding steroid dienone is 1. The number of halogens is 1. The number of unbranched alkanes of at least 4 members (excludes halogenated alkanes) is 2. The number of benzene rings is 1. The number of ether oxygens (including phenoxy) is 2. The highest BCUT2D eigenvalue weighted by molar-refractivity contribution is 6.34. The fourth-order valence-electron chi connectivity index (χ4n) is 6.72. The van der Waals surface area contributed by atoms with Crippen molar-refractivity contribution in [1.29, 1.82) is 0 Å². The lowest BCUT2D eigenvalue weighted by molar-refractivity contribution is -0.156. The maximum absolute atomic E-state index is 14.6. The van der Waals surface area contributed by atoms with Crippen molar-refractivity contribution in [3.05, 3.63) is 54.6 Å². The van der Waals surface area contributed by atoms with Crippen LogP contribution in [0.5, 0.6) is 0 Å². The number of likely N-dealkylation sites (tertiary alicyclic amines) is 1. The summed E-state index contributed by atoms with van der Waals surface area (Å²) in [5.74, 6) is -2.94. The van der Waals surface area contributed by atoms with Crippen LogP contribution in [0.4, 0.5) is 5.69 Å². The second kappa shape index (κ2) is 12.9. The van der Waals surface area contributed by atoms with Crippen molar-refractivity contribution in [2.24, 2.45) is 17.8 Å². The van der Waals surface area contributed by atoms with E-state index in [-0.39, 0.29) is 37.5 Å². The zero-order valence-corrected chi connectivity index (χ0v) is 24.2. The van der Waals surface area contributed by atoms with Crippen molar-refractivity contribution in [3.8, 4) is 0 Å². The maximum atomic E-state index is 14.6. The SMILES string of the molecule is C=CCCCCOC(=O)[C@@H]1[C@H]2C(=O)N([C@@H](CO)[C@@H](C)CC)C(C(=O)N(CC=C)c3ccccc3Cl)C23CC[C@H]1O3. The van der Waals surface area contributed by atoms with Gasteiger partial charge in [0, 0.05) is 6.54 Å². The van der Waals surface area contributed by atoms with Gasteiger partial charge in [0.15, 0.2) is 0 Å². The Morgan fingerprint density at radius 1 is 1.30 bits per heavy atom. The van der Waals surface area contributed by atoms with Crippen molar-refractivity contribution < 1.29 is 29.0 Å². The third-order valence-electron chi connectivity index (χ3n) is 8.86. The number of nitrogens with zero attached hydrogens (tertiary/aromatic N) is 2. The summed E-state index contributed by atoms with van der Waals surface area (Å²) in [4.78, 5) is 45.3. The first-order valence-electron chi connectivity index (χ1n) is 14.3. The summed E-state index contributed by atoms with van der Waals surface area (Å²) in [6.45, 7) is 11.6. The van der Waals surface area contributed by atoms with Gasteiger partial charge in [-0.2, -0.15) is 0 Å². The highest BCUT2D eigenvalue weighted by atomic mass is 35.5. The molecule has 3 saturated heterocycles. The molecule has 218 valence electrons. The fourth-order valence-corrected chi connectivity index (χ4v) is 6.96. The predicted octanol–water partition coefficient (Wildman–Crippen LogP) is 4.54. The van der Waals surface area contributed by atoms with Gasteiger partial charge in [-0.25, -0.2) is 0 Å². The molecule has 0 radical (unpaired) electrons. The summed E-state index contributed by atoms with van der Waals surface area (Å²) < 4.78 is 12.2. The van der Waals surface area contributed by atoms with Gasteiger partial charge < -0.3 is 24.4 Å². The van der Waals surface area contributed by atoms with Crippen LogP contribution in [0, 0.1) is 17.8 Å². The molecule has 1 aromatic rings. The molecule has 3 fully saturated rings. The Bertz CT molecular complexity index is 1130. The number of para-hydroxylation sites is 1. The van der Waals surface area contributed by atoms with Crippen molar-refractivity contribution in [1.82, 2.24) is 4.90 Å². The summed E-state index contributed by atoms with van der Waals surface area (Å²) >= 11 is 6.52. The van der Waals surface area contributed by atoms with Crippen molar-refractivity contribution in [2.45, 2.75) is 76.2 Å². The molecule has 0 aliphatic carbocycles. The van der Waals surface area contributed by atoms with E-state index in [0.29, 0.717) is 36.4 Å². The van der Waals surface area contributed by atoms with Gasteiger partial charge in [0.2, 0.25) is 5.91 Å². The van der Waals surface area contributed by atoms with Gasteiger partial charge in [0.05, 0.1) is 47.9 Å². The Kier molecular flexibility index (Phi) is 9.75. The molecule has 0 saturated carbocycles. The lowest BCUT2D eigenvalue weighted by atomic mass is 9.70. The molecule has 40 heavy (non-hydrogen) atoms. The third kappa shape index (κ3) is 5.21. The molecule has 1 spiro atoms. The Balaban J connectivity index is 1.74. The smallest absolute Gasteiger partial charge is 0.312 e. The minimum atomic E-state index is -1.20. The van der Waals surface area contributed by atoms with E-state index in [4.69, 9.17) is 21.1 Å². The Morgan fingerprint density at radius 2 is 2.05 bits per heavy atom. The quantitative estimate of drug-likeness (QED) is 0.200. The molecule has 3 heterocycles. The highest BCUT2D eigenvalue weighted by Gasteiger charge is 2.75. The molecule has 3 aliphatic heterocycles. The average molecular weight is 573 g/mol. The highest BCUT2D eigenvalue weighted by Crippen LogP contribution is 2.59. The Hall–Kier alpha value is -2.68. The number of hydrogen-bond donors (Lipinski definition) is 1. The number of anilines is 1. The van der Waals surface area contributed by atoms with Crippen LogP contribution in [0.25, 0.3) is 0 Å². The molecular weight excluding hydrogens is 532 g/mol. The summed E-state index contributed by atoms with van der Waals surface area (Å²) in [7, 11) is 0. The Morgan fingerprint density at radius 3 is 2.70 bits per heavy atom. The van der Waals surface area contributed by atoms with E-state index in [1.165, 1.54) is 9.80 Å². The minimum Gasteiger partial charge on any atom is -0.465 e. The van der Waals surface area contributed by atoms with Crippen LogP contribution >= 0.6 is 11.6 Å². The van der Waals surface area contributed by atoms with E-state index in [9.17, 15) is 19.5 Å². The molecule has 9 heteroatoms. The van der Waals surface area contributed by atoms with Crippen LogP contribution in [0.1, 0.15) is 52.4 Å². The molecule has 2 bridgehead atoms. The van der Waals surface area contributed by atoms with E-state index in [1.807, 2.05) is 19.9 Å².